The summed E-state index contributed by atoms with van der Waals surface area (Å²) in [5.74, 6) is 0.00574. The molecule has 0 aliphatic carbocycles. The van der Waals surface area contributed by atoms with Crippen LogP contribution in [0.25, 0.3) is 0 Å². The normalized spacial score (nSPS) is 14.2. The summed E-state index contributed by atoms with van der Waals surface area (Å²) in [5, 5.41) is 8.86. The Morgan fingerprint density at radius 1 is 1.54 bits per heavy atom. The quantitative estimate of drug-likeness (QED) is 0.668. The summed E-state index contributed by atoms with van der Waals surface area (Å²) in [5.41, 5.74) is -1.22. The van der Waals surface area contributed by atoms with Crippen molar-refractivity contribution in [2.75, 3.05) is 0 Å². The summed E-state index contributed by atoms with van der Waals surface area (Å²) in [6.45, 7) is 2.88. The van der Waals surface area contributed by atoms with Crippen LogP contribution >= 0.6 is 0 Å². The van der Waals surface area contributed by atoms with Gasteiger partial charge in [-0.05, 0) is 19.9 Å². The van der Waals surface area contributed by atoms with E-state index in [1.165, 1.54) is 26.2 Å². The van der Waals surface area contributed by atoms with Crippen molar-refractivity contribution < 1.29 is 4.79 Å². The predicted octanol–water partition coefficient (Wildman–Crippen LogP) is 0.847. The highest BCUT2D eigenvalue weighted by molar-refractivity contribution is 5.89. The van der Waals surface area contributed by atoms with Crippen LogP contribution in [0, 0.1) is 11.3 Å². The lowest BCUT2D eigenvalue weighted by Crippen LogP contribution is -2.30. The first-order chi connectivity index (χ1) is 6.11. The van der Waals surface area contributed by atoms with E-state index in [0.29, 0.717) is 0 Å². The number of rotatable bonds is 2. The average molecular weight is 175 g/mol. The maximum Gasteiger partial charge on any atom is 0.171 e. The van der Waals surface area contributed by atoms with E-state index in [4.69, 9.17) is 5.26 Å². The summed E-state index contributed by atoms with van der Waals surface area (Å²) >= 11 is 0. The first kappa shape index (κ1) is 9.33. The molecule has 0 amide bonds. The monoisotopic (exact) mass is 175 g/mol. The Balaban J connectivity index is 3.21. The topological polar surface area (TPSA) is 66.6 Å². The molecular formula is C9H9N3O. The molecule has 0 bridgehead atoms. The molecule has 0 fully saturated rings. The van der Waals surface area contributed by atoms with E-state index >= 15 is 0 Å². The maximum atomic E-state index is 11.2. The van der Waals surface area contributed by atoms with Gasteiger partial charge in [-0.3, -0.25) is 4.79 Å². The van der Waals surface area contributed by atoms with Crippen molar-refractivity contribution in [1.82, 2.24) is 9.97 Å². The average Bonchev–Trinajstić information content (AvgIpc) is 2.17. The third-order valence-corrected chi connectivity index (χ3v) is 1.94. The van der Waals surface area contributed by atoms with Crippen LogP contribution in [0.2, 0.25) is 0 Å². The zero-order valence-electron chi connectivity index (χ0n) is 7.48. The van der Waals surface area contributed by atoms with Gasteiger partial charge in [0.1, 0.15) is 0 Å². The van der Waals surface area contributed by atoms with E-state index in [9.17, 15) is 4.79 Å². The molecule has 1 aromatic heterocycles. The van der Waals surface area contributed by atoms with Crippen LogP contribution in [0.3, 0.4) is 0 Å². The Kier molecular flexibility index (Phi) is 2.38. The van der Waals surface area contributed by atoms with E-state index in [0.717, 1.165) is 0 Å². The molecule has 0 N–H and O–H groups in total. The van der Waals surface area contributed by atoms with Crippen molar-refractivity contribution >= 4 is 5.78 Å². The fourth-order valence-corrected chi connectivity index (χ4v) is 0.843. The number of nitriles is 1. The smallest absolute Gasteiger partial charge is 0.171 e. The van der Waals surface area contributed by atoms with Gasteiger partial charge < -0.3 is 0 Å². The number of carbonyl (C=O) groups is 1. The molecule has 4 heteroatoms. The van der Waals surface area contributed by atoms with Gasteiger partial charge in [0.05, 0.1) is 6.07 Å². The van der Waals surface area contributed by atoms with Crippen LogP contribution in [0.4, 0.5) is 0 Å². The molecule has 0 radical (unpaired) electrons. The van der Waals surface area contributed by atoms with Crippen molar-refractivity contribution in [3.05, 3.63) is 24.3 Å². The zero-order chi connectivity index (χ0) is 9.90. The van der Waals surface area contributed by atoms with Crippen molar-refractivity contribution in [1.29, 1.82) is 5.26 Å². The van der Waals surface area contributed by atoms with Gasteiger partial charge in [-0.2, -0.15) is 5.26 Å². The lowest BCUT2D eigenvalue weighted by atomic mass is 9.87. The van der Waals surface area contributed by atoms with Crippen LogP contribution < -0.4 is 0 Å². The van der Waals surface area contributed by atoms with Crippen molar-refractivity contribution in [2.24, 2.45) is 0 Å². The second-order valence-electron chi connectivity index (χ2n) is 2.87. The largest absolute Gasteiger partial charge is 0.298 e. The van der Waals surface area contributed by atoms with Crippen LogP contribution in [-0.2, 0) is 10.2 Å². The molecule has 1 atom stereocenters. The van der Waals surface area contributed by atoms with Crippen LogP contribution in [0.1, 0.15) is 19.7 Å². The van der Waals surface area contributed by atoms with Crippen LogP contribution in [-0.4, -0.2) is 15.8 Å². The molecule has 1 aromatic rings. The third-order valence-electron chi connectivity index (χ3n) is 1.94. The van der Waals surface area contributed by atoms with Gasteiger partial charge in [0.2, 0.25) is 0 Å². The summed E-state index contributed by atoms with van der Waals surface area (Å²) < 4.78 is 0. The molecular weight excluding hydrogens is 166 g/mol. The minimum atomic E-state index is -1.22. The van der Waals surface area contributed by atoms with Crippen LogP contribution in [0.15, 0.2) is 18.5 Å². The molecule has 0 aliphatic rings. The minimum absolute atomic E-state index is 0.249. The van der Waals surface area contributed by atoms with Crippen molar-refractivity contribution in [3.8, 4) is 6.07 Å². The van der Waals surface area contributed by atoms with Crippen molar-refractivity contribution in [3.63, 3.8) is 0 Å². The second kappa shape index (κ2) is 3.31. The second-order valence-corrected chi connectivity index (χ2v) is 2.87. The van der Waals surface area contributed by atoms with E-state index < -0.39 is 5.41 Å². The highest BCUT2D eigenvalue weighted by atomic mass is 16.1. The first-order valence-electron chi connectivity index (χ1n) is 3.81. The number of ketones is 1. The fraction of sp³-hybridized carbons (Fsp3) is 0.333. The SMILES string of the molecule is CC(=O)C(C)(C#N)c1ncccn1. The van der Waals surface area contributed by atoms with E-state index in [2.05, 4.69) is 9.97 Å². The zero-order valence-corrected chi connectivity index (χ0v) is 7.48. The highest BCUT2D eigenvalue weighted by Crippen LogP contribution is 2.19. The first-order valence-corrected chi connectivity index (χ1v) is 3.81. The molecule has 13 heavy (non-hydrogen) atoms. The fourth-order valence-electron chi connectivity index (χ4n) is 0.843. The molecule has 0 aromatic carbocycles. The molecule has 1 rings (SSSR count). The standard InChI is InChI=1S/C9H9N3O/c1-7(13)9(2,6-10)8-11-4-3-5-12-8/h3-5H,1-2H3. The third kappa shape index (κ3) is 1.54. The van der Waals surface area contributed by atoms with E-state index in [-0.39, 0.29) is 11.6 Å². The van der Waals surface area contributed by atoms with Gasteiger partial charge in [0.15, 0.2) is 17.0 Å². The summed E-state index contributed by atoms with van der Waals surface area (Å²) in [4.78, 5) is 19.0. The summed E-state index contributed by atoms with van der Waals surface area (Å²) in [7, 11) is 0. The molecule has 1 unspecified atom stereocenters. The van der Waals surface area contributed by atoms with Gasteiger partial charge in [-0.25, -0.2) is 9.97 Å². The lowest BCUT2D eigenvalue weighted by Gasteiger charge is -2.14. The summed E-state index contributed by atoms with van der Waals surface area (Å²) in [6.07, 6.45) is 3.03. The predicted molar refractivity (Wildman–Crippen MR) is 45.7 cm³/mol. The summed E-state index contributed by atoms with van der Waals surface area (Å²) in [6, 6.07) is 3.56. The van der Waals surface area contributed by atoms with Gasteiger partial charge in [-0.15, -0.1) is 0 Å². The Bertz CT molecular complexity index is 355. The van der Waals surface area contributed by atoms with Crippen molar-refractivity contribution in [2.45, 2.75) is 19.3 Å². The number of carbonyl (C=O) groups excluding carboxylic acids is 1. The Labute approximate surface area is 76.2 Å². The Hall–Kier alpha value is -1.76. The molecule has 4 nitrogen and oxygen atoms in total. The number of hydrogen-bond donors (Lipinski definition) is 0. The highest BCUT2D eigenvalue weighted by Gasteiger charge is 2.34. The molecule has 66 valence electrons. The number of nitrogens with zero attached hydrogens (tertiary/aromatic N) is 3. The number of Topliss-reactive ketones (excluding diaryl/α,β-unsaturated/α-hetero) is 1. The number of aromatic nitrogens is 2. The van der Waals surface area contributed by atoms with Crippen LogP contribution in [0.5, 0.6) is 0 Å². The molecule has 0 spiro atoms. The lowest BCUT2D eigenvalue weighted by molar-refractivity contribution is -0.120. The Morgan fingerprint density at radius 3 is 2.46 bits per heavy atom. The van der Waals surface area contributed by atoms with Gasteiger partial charge >= 0.3 is 0 Å². The molecule has 0 saturated heterocycles. The molecule has 0 aliphatic heterocycles. The number of hydrogen-bond acceptors (Lipinski definition) is 4. The Morgan fingerprint density at radius 2 is 2.08 bits per heavy atom. The van der Waals surface area contributed by atoms with Gasteiger partial charge in [0.25, 0.3) is 0 Å². The molecule has 0 saturated carbocycles. The minimum Gasteiger partial charge on any atom is -0.298 e. The maximum absolute atomic E-state index is 11.2. The van der Waals surface area contributed by atoms with E-state index in [1.54, 1.807) is 6.07 Å². The van der Waals surface area contributed by atoms with E-state index in [1.807, 2.05) is 6.07 Å². The van der Waals surface area contributed by atoms with Gasteiger partial charge in [-0.1, -0.05) is 0 Å². The van der Waals surface area contributed by atoms with Gasteiger partial charge in [0, 0.05) is 12.4 Å². The molecule has 1 heterocycles.